The van der Waals surface area contributed by atoms with Crippen molar-refractivity contribution in [2.75, 3.05) is 18.5 Å². The highest BCUT2D eigenvalue weighted by molar-refractivity contribution is 6.52. The fourth-order valence-electron chi connectivity index (χ4n) is 2.73. The number of carbonyl (C=O) groups excluding carboxylic acids is 3. The summed E-state index contributed by atoms with van der Waals surface area (Å²) in [5, 5.41) is 0. The molecule has 1 heterocycles. The molecule has 3 rings (SSSR count). The van der Waals surface area contributed by atoms with E-state index in [2.05, 4.69) is 0 Å². The second-order valence-electron chi connectivity index (χ2n) is 5.86. The average Bonchev–Trinajstić information content (AvgIpc) is 3.26. The van der Waals surface area contributed by atoms with E-state index in [1.807, 2.05) is 19.9 Å². The monoisotopic (exact) mass is 286 g/mol. The average molecular weight is 286 g/mol. The van der Waals surface area contributed by atoms with Crippen LogP contribution in [-0.2, 0) is 9.59 Å². The molecule has 1 aromatic carbocycles. The van der Waals surface area contributed by atoms with Gasteiger partial charge in [-0.15, -0.1) is 0 Å². The number of ketones is 1. The Morgan fingerprint density at radius 2 is 1.95 bits per heavy atom. The lowest BCUT2D eigenvalue weighted by Crippen LogP contribution is -2.42. The Morgan fingerprint density at radius 3 is 2.57 bits per heavy atom. The van der Waals surface area contributed by atoms with Gasteiger partial charge in [-0.3, -0.25) is 19.3 Å². The summed E-state index contributed by atoms with van der Waals surface area (Å²) in [5.74, 6) is -1.24. The number of aryl methyl sites for hydroxylation is 1. The van der Waals surface area contributed by atoms with Gasteiger partial charge in [-0.2, -0.15) is 0 Å². The van der Waals surface area contributed by atoms with Gasteiger partial charge in [0.1, 0.15) is 6.54 Å². The van der Waals surface area contributed by atoms with E-state index in [1.54, 1.807) is 18.0 Å². The third-order valence-corrected chi connectivity index (χ3v) is 4.44. The van der Waals surface area contributed by atoms with Crippen LogP contribution in [0.4, 0.5) is 5.69 Å². The standard InChI is InChI=1S/C16H18N2O3/c1-9-4-7-12-14(10(9)2)18(16(21)15(12)20)8-13(19)17(3)11-5-6-11/h4,7,11H,5-6,8H2,1-3H3. The highest BCUT2D eigenvalue weighted by Crippen LogP contribution is 2.34. The van der Waals surface area contributed by atoms with E-state index in [4.69, 9.17) is 0 Å². The first kappa shape index (κ1) is 13.8. The molecule has 1 aliphatic heterocycles. The molecule has 2 amide bonds. The first-order chi connectivity index (χ1) is 9.91. The number of hydrogen-bond donors (Lipinski definition) is 0. The molecule has 0 aromatic heterocycles. The molecule has 0 spiro atoms. The van der Waals surface area contributed by atoms with Gasteiger partial charge in [0.25, 0.3) is 11.7 Å². The van der Waals surface area contributed by atoms with Crippen LogP contribution in [0, 0.1) is 13.8 Å². The quantitative estimate of drug-likeness (QED) is 0.790. The van der Waals surface area contributed by atoms with E-state index in [-0.39, 0.29) is 12.5 Å². The SMILES string of the molecule is Cc1ccc2c(c1C)N(CC(=O)N(C)C1CC1)C(=O)C2=O. The molecule has 110 valence electrons. The zero-order valence-electron chi connectivity index (χ0n) is 12.5. The summed E-state index contributed by atoms with van der Waals surface area (Å²) in [4.78, 5) is 39.5. The summed E-state index contributed by atoms with van der Waals surface area (Å²) in [6, 6.07) is 3.80. The van der Waals surface area contributed by atoms with Gasteiger partial charge in [-0.1, -0.05) is 6.07 Å². The van der Waals surface area contributed by atoms with Crippen LogP contribution in [0.1, 0.15) is 34.3 Å². The number of likely N-dealkylation sites (N-methyl/N-ethyl adjacent to an activating group) is 1. The predicted octanol–water partition coefficient (Wildman–Crippen LogP) is 1.45. The minimum atomic E-state index is -0.601. The van der Waals surface area contributed by atoms with Gasteiger partial charge >= 0.3 is 0 Å². The van der Waals surface area contributed by atoms with Crippen molar-refractivity contribution in [3.8, 4) is 0 Å². The first-order valence-corrected chi connectivity index (χ1v) is 7.14. The molecular formula is C16H18N2O3. The van der Waals surface area contributed by atoms with E-state index < -0.39 is 11.7 Å². The van der Waals surface area contributed by atoms with Crippen LogP contribution in [0.3, 0.4) is 0 Å². The van der Waals surface area contributed by atoms with Crippen molar-refractivity contribution in [2.24, 2.45) is 0 Å². The Balaban J connectivity index is 1.93. The minimum absolute atomic E-state index is 0.0606. The lowest BCUT2D eigenvalue weighted by atomic mass is 10.0. The molecule has 0 radical (unpaired) electrons. The number of fused-ring (bicyclic) bond motifs is 1. The number of anilines is 1. The third-order valence-electron chi connectivity index (χ3n) is 4.44. The summed E-state index contributed by atoms with van der Waals surface area (Å²) in [7, 11) is 1.76. The van der Waals surface area contributed by atoms with E-state index in [0.717, 1.165) is 24.0 Å². The van der Waals surface area contributed by atoms with Gasteiger partial charge in [0, 0.05) is 13.1 Å². The van der Waals surface area contributed by atoms with Crippen LogP contribution < -0.4 is 4.90 Å². The van der Waals surface area contributed by atoms with Gasteiger partial charge in [0.15, 0.2) is 0 Å². The second kappa shape index (κ2) is 4.69. The zero-order valence-corrected chi connectivity index (χ0v) is 12.5. The maximum Gasteiger partial charge on any atom is 0.299 e. The van der Waals surface area contributed by atoms with Crippen LogP contribution in [0.2, 0.25) is 0 Å². The third kappa shape index (κ3) is 2.13. The summed E-state index contributed by atoms with van der Waals surface area (Å²) in [6.07, 6.45) is 2.04. The molecule has 0 saturated heterocycles. The lowest BCUT2D eigenvalue weighted by molar-refractivity contribution is -0.130. The number of carbonyl (C=O) groups is 3. The molecule has 5 nitrogen and oxygen atoms in total. The predicted molar refractivity (Wildman–Crippen MR) is 78.4 cm³/mol. The number of hydrogen-bond acceptors (Lipinski definition) is 3. The Morgan fingerprint density at radius 1 is 1.29 bits per heavy atom. The molecule has 0 N–H and O–H groups in total. The Bertz CT molecular complexity index is 662. The second-order valence-corrected chi connectivity index (χ2v) is 5.86. The molecule has 0 bridgehead atoms. The number of nitrogens with zero attached hydrogens (tertiary/aromatic N) is 2. The molecule has 2 aliphatic rings. The van der Waals surface area contributed by atoms with Crippen molar-refractivity contribution in [3.63, 3.8) is 0 Å². The number of rotatable bonds is 3. The molecule has 21 heavy (non-hydrogen) atoms. The van der Waals surface area contributed by atoms with Crippen LogP contribution in [0.5, 0.6) is 0 Å². The molecule has 5 heteroatoms. The maximum absolute atomic E-state index is 12.3. The Hall–Kier alpha value is -2.17. The van der Waals surface area contributed by atoms with Gasteiger partial charge < -0.3 is 4.90 Å². The van der Waals surface area contributed by atoms with Gasteiger partial charge in [-0.25, -0.2) is 0 Å². The van der Waals surface area contributed by atoms with Crippen molar-refractivity contribution in [1.29, 1.82) is 0 Å². The van der Waals surface area contributed by atoms with Crippen LogP contribution in [0.25, 0.3) is 0 Å². The summed E-state index contributed by atoms with van der Waals surface area (Å²) >= 11 is 0. The molecule has 0 unspecified atom stereocenters. The van der Waals surface area contributed by atoms with E-state index in [1.165, 1.54) is 4.90 Å². The molecule has 1 aromatic rings. The lowest BCUT2D eigenvalue weighted by Gasteiger charge is -2.23. The normalized spacial score (nSPS) is 17.2. The molecule has 0 atom stereocenters. The molecule has 1 fully saturated rings. The first-order valence-electron chi connectivity index (χ1n) is 7.14. The van der Waals surface area contributed by atoms with Crippen molar-refractivity contribution in [3.05, 3.63) is 28.8 Å². The van der Waals surface area contributed by atoms with Gasteiger partial charge in [0.05, 0.1) is 11.3 Å². The fourth-order valence-corrected chi connectivity index (χ4v) is 2.73. The summed E-state index contributed by atoms with van der Waals surface area (Å²) in [5.41, 5.74) is 2.89. The smallest absolute Gasteiger partial charge is 0.299 e. The molecule has 1 aliphatic carbocycles. The van der Waals surface area contributed by atoms with Crippen LogP contribution in [-0.4, -0.2) is 42.1 Å². The highest BCUT2D eigenvalue weighted by Gasteiger charge is 2.39. The molecule has 1 saturated carbocycles. The topological polar surface area (TPSA) is 57.7 Å². The minimum Gasteiger partial charge on any atom is -0.341 e. The van der Waals surface area contributed by atoms with Gasteiger partial charge in [0.2, 0.25) is 5.91 Å². The van der Waals surface area contributed by atoms with Crippen molar-refractivity contribution < 1.29 is 14.4 Å². The van der Waals surface area contributed by atoms with E-state index in [9.17, 15) is 14.4 Å². The Kier molecular flexibility index (Phi) is 3.08. The van der Waals surface area contributed by atoms with Crippen molar-refractivity contribution in [1.82, 2.24) is 4.90 Å². The summed E-state index contributed by atoms with van der Waals surface area (Å²) < 4.78 is 0. The van der Waals surface area contributed by atoms with E-state index >= 15 is 0 Å². The number of amides is 2. The fraction of sp³-hybridized carbons (Fsp3) is 0.438. The largest absolute Gasteiger partial charge is 0.341 e. The van der Waals surface area contributed by atoms with Crippen molar-refractivity contribution in [2.45, 2.75) is 32.7 Å². The maximum atomic E-state index is 12.3. The summed E-state index contributed by atoms with van der Waals surface area (Å²) in [6.45, 7) is 3.75. The number of Topliss-reactive ketones (excluding diaryl/α,β-unsaturated/α-hetero) is 1. The van der Waals surface area contributed by atoms with Crippen LogP contribution in [0.15, 0.2) is 12.1 Å². The van der Waals surface area contributed by atoms with Crippen LogP contribution >= 0.6 is 0 Å². The van der Waals surface area contributed by atoms with Gasteiger partial charge in [-0.05, 0) is 43.9 Å². The Labute approximate surface area is 123 Å². The molecular weight excluding hydrogens is 268 g/mol. The van der Waals surface area contributed by atoms with Crippen molar-refractivity contribution >= 4 is 23.3 Å². The zero-order chi connectivity index (χ0) is 15.3. The highest BCUT2D eigenvalue weighted by atomic mass is 16.2. The number of benzene rings is 1. The van der Waals surface area contributed by atoms with E-state index in [0.29, 0.717) is 17.3 Å².